The largest absolute Gasteiger partial charge is 0.370 e. The molecule has 18 heavy (non-hydrogen) atoms. The van der Waals surface area contributed by atoms with Gasteiger partial charge in [-0.05, 0) is 31.2 Å². The lowest BCUT2D eigenvalue weighted by Crippen LogP contribution is -2.25. The minimum Gasteiger partial charge on any atom is -0.370 e. The van der Waals surface area contributed by atoms with E-state index >= 15 is 0 Å². The first-order chi connectivity index (χ1) is 8.72. The molecular formula is C13H22N4O. The van der Waals surface area contributed by atoms with E-state index in [1.165, 1.54) is 25.3 Å². The van der Waals surface area contributed by atoms with E-state index in [0.717, 1.165) is 25.3 Å². The number of nitrogens with two attached hydrogens (primary N) is 1. The van der Waals surface area contributed by atoms with Gasteiger partial charge in [-0.2, -0.15) is 0 Å². The van der Waals surface area contributed by atoms with E-state index in [0.29, 0.717) is 17.7 Å². The Bertz CT molecular complexity index is 443. The third-order valence-corrected chi connectivity index (χ3v) is 3.79. The molecule has 0 spiro atoms. The molecule has 1 aromatic rings. The Kier molecular flexibility index (Phi) is 4.36. The van der Waals surface area contributed by atoms with Crippen molar-refractivity contribution in [3.8, 4) is 0 Å². The molecule has 1 aliphatic carbocycles. The quantitative estimate of drug-likeness (QED) is 0.731. The van der Waals surface area contributed by atoms with Crippen LogP contribution in [0.3, 0.4) is 0 Å². The van der Waals surface area contributed by atoms with Crippen LogP contribution < -0.4 is 16.6 Å². The fourth-order valence-corrected chi connectivity index (χ4v) is 2.69. The van der Waals surface area contributed by atoms with Crippen LogP contribution in [0.2, 0.25) is 0 Å². The zero-order valence-electron chi connectivity index (χ0n) is 10.9. The molecule has 0 bridgehead atoms. The highest BCUT2D eigenvalue weighted by molar-refractivity contribution is 5.33. The molecule has 5 nitrogen and oxygen atoms in total. The van der Waals surface area contributed by atoms with E-state index in [9.17, 15) is 4.79 Å². The Labute approximate surface area is 107 Å². The molecule has 2 atom stereocenters. The van der Waals surface area contributed by atoms with Gasteiger partial charge in [0.1, 0.15) is 11.6 Å². The number of nitrogens with zero attached hydrogens (tertiary/aromatic N) is 1. The number of H-pyrrole nitrogens is 1. The van der Waals surface area contributed by atoms with Gasteiger partial charge in [-0.15, -0.1) is 0 Å². The van der Waals surface area contributed by atoms with E-state index in [1.54, 1.807) is 0 Å². The summed E-state index contributed by atoms with van der Waals surface area (Å²) in [6, 6.07) is 1.52. The summed E-state index contributed by atoms with van der Waals surface area (Å²) in [7, 11) is 0. The number of aromatic amines is 1. The van der Waals surface area contributed by atoms with Crippen molar-refractivity contribution in [2.45, 2.75) is 32.6 Å². The van der Waals surface area contributed by atoms with Gasteiger partial charge in [0.2, 0.25) is 0 Å². The third-order valence-electron chi connectivity index (χ3n) is 3.79. The summed E-state index contributed by atoms with van der Waals surface area (Å²) < 4.78 is 0. The van der Waals surface area contributed by atoms with Crippen LogP contribution >= 0.6 is 0 Å². The summed E-state index contributed by atoms with van der Waals surface area (Å²) in [5.74, 6) is 2.64. The highest BCUT2D eigenvalue weighted by Gasteiger charge is 2.25. The molecule has 4 N–H and O–H groups in total. The Hall–Kier alpha value is -1.36. The van der Waals surface area contributed by atoms with Gasteiger partial charge in [0.25, 0.3) is 5.56 Å². The van der Waals surface area contributed by atoms with E-state index in [4.69, 9.17) is 5.73 Å². The maximum Gasteiger partial charge on any atom is 0.252 e. The smallest absolute Gasteiger partial charge is 0.252 e. The topological polar surface area (TPSA) is 83.8 Å². The molecule has 5 heteroatoms. The van der Waals surface area contributed by atoms with Gasteiger partial charge in [0.15, 0.2) is 0 Å². The van der Waals surface area contributed by atoms with Crippen LogP contribution in [-0.2, 0) is 6.42 Å². The van der Waals surface area contributed by atoms with Crippen LogP contribution in [0, 0.1) is 11.8 Å². The molecule has 1 aromatic heterocycles. The van der Waals surface area contributed by atoms with Crippen molar-refractivity contribution >= 4 is 5.82 Å². The average molecular weight is 250 g/mol. The molecule has 0 amide bonds. The average Bonchev–Trinajstić information content (AvgIpc) is 2.83. The van der Waals surface area contributed by atoms with E-state index in [-0.39, 0.29) is 5.56 Å². The van der Waals surface area contributed by atoms with Gasteiger partial charge in [0.05, 0.1) is 0 Å². The zero-order valence-corrected chi connectivity index (χ0v) is 10.9. The summed E-state index contributed by atoms with van der Waals surface area (Å²) in [6.45, 7) is 3.60. The minimum atomic E-state index is -0.0915. The lowest BCUT2D eigenvalue weighted by Gasteiger charge is -2.18. The second-order valence-electron chi connectivity index (χ2n) is 5.00. The normalized spacial score (nSPS) is 23.2. The number of hydrogen-bond donors (Lipinski definition) is 3. The molecule has 2 unspecified atom stereocenters. The molecule has 1 fully saturated rings. The summed E-state index contributed by atoms with van der Waals surface area (Å²) in [6.07, 6.45) is 4.45. The molecule has 0 radical (unpaired) electrons. The van der Waals surface area contributed by atoms with Gasteiger partial charge in [-0.1, -0.05) is 13.3 Å². The van der Waals surface area contributed by atoms with Crippen molar-refractivity contribution in [1.82, 2.24) is 9.97 Å². The predicted molar refractivity (Wildman–Crippen MR) is 72.6 cm³/mol. The Morgan fingerprint density at radius 1 is 1.50 bits per heavy atom. The number of hydrogen-bond acceptors (Lipinski definition) is 4. The van der Waals surface area contributed by atoms with Crippen molar-refractivity contribution < 1.29 is 0 Å². The van der Waals surface area contributed by atoms with Crippen LogP contribution in [-0.4, -0.2) is 23.1 Å². The number of nitrogens with one attached hydrogen (secondary N) is 2. The first kappa shape index (κ1) is 13.1. The highest BCUT2D eigenvalue weighted by atomic mass is 16.1. The van der Waals surface area contributed by atoms with E-state index in [2.05, 4.69) is 15.3 Å². The number of aryl methyl sites for hydroxylation is 1. The van der Waals surface area contributed by atoms with Crippen LogP contribution in [0.25, 0.3) is 0 Å². The molecule has 1 heterocycles. The van der Waals surface area contributed by atoms with Crippen LogP contribution in [0.1, 0.15) is 32.0 Å². The highest BCUT2D eigenvalue weighted by Crippen LogP contribution is 2.30. The summed E-state index contributed by atoms with van der Waals surface area (Å²) in [4.78, 5) is 18.5. The summed E-state index contributed by atoms with van der Waals surface area (Å²) in [5.41, 5.74) is 5.67. The van der Waals surface area contributed by atoms with Gasteiger partial charge in [0, 0.05) is 19.0 Å². The summed E-state index contributed by atoms with van der Waals surface area (Å²) >= 11 is 0. The summed E-state index contributed by atoms with van der Waals surface area (Å²) in [5, 5.41) is 3.28. The lowest BCUT2D eigenvalue weighted by molar-refractivity contribution is 0.414. The number of rotatable bonds is 5. The van der Waals surface area contributed by atoms with Crippen LogP contribution in [0.15, 0.2) is 10.9 Å². The van der Waals surface area contributed by atoms with Crippen molar-refractivity contribution in [3.05, 3.63) is 22.2 Å². The third kappa shape index (κ3) is 3.10. The first-order valence-corrected chi connectivity index (χ1v) is 6.77. The zero-order chi connectivity index (χ0) is 13.0. The second-order valence-corrected chi connectivity index (χ2v) is 5.00. The van der Waals surface area contributed by atoms with Crippen molar-refractivity contribution in [3.63, 3.8) is 0 Å². The maximum absolute atomic E-state index is 11.4. The fourth-order valence-electron chi connectivity index (χ4n) is 2.69. The van der Waals surface area contributed by atoms with E-state index < -0.39 is 0 Å². The Morgan fingerprint density at radius 3 is 3.00 bits per heavy atom. The SMILES string of the molecule is CCc1nc(NCC2CCCC2CN)cc(=O)[nH]1. The van der Waals surface area contributed by atoms with E-state index in [1.807, 2.05) is 6.92 Å². The first-order valence-electron chi connectivity index (χ1n) is 6.77. The molecular weight excluding hydrogens is 228 g/mol. The van der Waals surface area contributed by atoms with Crippen LogP contribution in [0.4, 0.5) is 5.82 Å². The van der Waals surface area contributed by atoms with Gasteiger partial charge in [-0.25, -0.2) is 4.98 Å². The minimum absolute atomic E-state index is 0.0915. The van der Waals surface area contributed by atoms with Gasteiger partial charge < -0.3 is 16.0 Å². The molecule has 0 aliphatic heterocycles. The number of aromatic nitrogens is 2. The monoisotopic (exact) mass is 250 g/mol. The Morgan fingerprint density at radius 2 is 2.28 bits per heavy atom. The number of anilines is 1. The fraction of sp³-hybridized carbons (Fsp3) is 0.692. The standard InChI is InChI=1S/C13H22N4O/c1-2-11-16-12(6-13(18)17-11)15-8-10-5-3-4-9(10)7-14/h6,9-10H,2-5,7-8,14H2,1H3,(H2,15,16,17,18). The van der Waals surface area contributed by atoms with Crippen molar-refractivity contribution in [1.29, 1.82) is 0 Å². The lowest BCUT2D eigenvalue weighted by atomic mass is 9.96. The predicted octanol–water partition coefficient (Wildman–Crippen LogP) is 1.12. The molecule has 0 saturated heterocycles. The van der Waals surface area contributed by atoms with Crippen molar-refractivity contribution in [2.24, 2.45) is 17.6 Å². The molecule has 2 rings (SSSR count). The Balaban J connectivity index is 1.97. The molecule has 1 saturated carbocycles. The van der Waals surface area contributed by atoms with Crippen LogP contribution in [0.5, 0.6) is 0 Å². The van der Waals surface area contributed by atoms with Gasteiger partial charge in [-0.3, -0.25) is 4.79 Å². The second kappa shape index (κ2) is 6.00. The van der Waals surface area contributed by atoms with Gasteiger partial charge >= 0.3 is 0 Å². The maximum atomic E-state index is 11.4. The van der Waals surface area contributed by atoms with Crippen molar-refractivity contribution in [2.75, 3.05) is 18.4 Å². The molecule has 100 valence electrons. The molecule has 1 aliphatic rings. The molecule has 0 aromatic carbocycles.